The van der Waals surface area contributed by atoms with Gasteiger partial charge in [0.1, 0.15) is 11.6 Å². The van der Waals surface area contributed by atoms with Gasteiger partial charge in [0.05, 0.1) is 45.5 Å². The number of aromatic carboxylic acids is 2. The maximum atomic E-state index is 14.8. The van der Waals surface area contributed by atoms with Gasteiger partial charge in [-0.1, -0.05) is 13.8 Å². The molecule has 2 saturated carbocycles. The molecule has 2 aromatic heterocycles. The normalized spacial score (nSPS) is 18.1. The SMILES string of the molecule is CCN1CCN(c2cc3c(cc2F)c(=O)c(C(=O)[O-])cn3C2CC2)CC1.CCN1CCN(c2cc3c(cc2F)c(=O)c(C(=O)[O-])cn3C2CC2)CC1.[Mn+2]. The molecule has 0 spiro atoms. The van der Waals surface area contributed by atoms with Gasteiger partial charge in [0, 0.05) is 87.6 Å². The molecule has 15 heteroatoms. The van der Waals surface area contributed by atoms with Crippen molar-refractivity contribution in [1.29, 1.82) is 0 Å². The van der Waals surface area contributed by atoms with Crippen molar-refractivity contribution in [2.24, 2.45) is 0 Å². The fourth-order valence-electron chi connectivity index (χ4n) is 7.41. The molecule has 12 nitrogen and oxygen atoms in total. The average Bonchev–Trinajstić information content (AvgIpc) is 4.07. The van der Waals surface area contributed by atoms with E-state index in [0.717, 1.165) is 91.1 Å². The van der Waals surface area contributed by atoms with E-state index >= 15 is 0 Å². The van der Waals surface area contributed by atoms with Crippen molar-refractivity contribution >= 4 is 45.1 Å². The first-order valence-electron chi connectivity index (χ1n) is 18.1. The zero-order chi connectivity index (χ0) is 36.8. The predicted molar refractivity (Wildman–Crippen MR) is 190 cm³/mol. The molecule has 2 saturated heterocycles. The van der Waals surface area contributed by atoms with E-state index in [9.17, 15) is 38.2 Å². The molecule has 4 aliphatic rings. The van der Waals surface area contributed by atoms with Gasteiger partial charge in [0.25, 0.3) is 0 Å². The number of pyridine rings is 2. The predicted octanol–water partition coefficient (Wildman–Crippen LogP) is 1.96. The Balaban J connectivity index is 0.000000178. The smallest absolute Gasteiger partial charge is 0.545 e. The Kier molecular flexibility index (Phi) is 11.3. The van der Waals surface area contributed by atoms with E-state index in [0.29, 0.717) is 22.4 Å². The summed E-state index contributed by atoms with van der Waals surface area (Å²) in [5.74, 6) is -4.02. The molecule has 4 heterocycles. The van der Waals surface area contributed by atoms with Crippen molar-refractivity contribution in [3.05, 3.63) is 79.9 Å². The van der Waals surface area contributed by atoms with Gasteiger partial charge in [-0.25, -0.2) is 8.78 Å². The third-order valence-electron chi connectivity index (χ3n) is 10.8. The molecule has 4 aromatic rings. The summed E-state index contributed by atoms with van der Waals surface area (Å²) in [4.78, 5) is 56.1. The van der Waals surface area contributed by atoms with Gasteiger partial charge < -0.3 is 48.5 Å². The van der Waals surface area contributed by atoms with Crippen molar-refractivity contribution in [3.8, 4) is 0 Å². The van der Waals surface area contributed by atoms with Crippen molar-refractivity contribution < 1.29 is 45.7 Å². The topological polar surface area (TPSA) is 137 Å². The second kappa shape index (κ2) is 15.6. The van der Waals surface area contributed by atoms with Gasteiger partial charge >= 0.3 is 17.1 Å². The number of aromatic nitrogens is 2. The summed E-state index contributed by atoms with van der Waals surface area (Å²) in [5.41, 5.74) is -0.0438. The van der Waals surface area contributed by atoms with Crippen LogP contribution in [0.2, 0.25) is 0 Å². The minimum absolute atomic E-state index is 0. The Morgan fingerprint density at radius 2 is 0.962 bits per heavy atom. The van der Waals surface area contributed by atoms with Crippen LogP contribution in [0, 0.1) is 11.6 Å². The van der Waals surface area contributed by atoms with Crippen LogP contribution in [0.4, 0.5) is 20.2 Å². The van der Waals surface area contributed by atoms with Crippen LogP contribution in [0.1, 0.15) is 72.3 Å². The zero-order valence-corrected chi connectivity index (χ0v) is 31.0. The van der Waals surface area contributed by atoms with Crippen LogP contribution in [0.15, 0.2) is 46.2 Å². The number of carbonyl (C=O) groups is 2. The average molecular weight is 772 g/mol. The number of fused-ring (bicyclic) bond motifs is 2. The number of carboxylic acids is 2. The molecular weight excluding hydrogens is 729 g/mol. The van der Waals surface area contributed by atoms with Crippen LogP contribution in [0.5, 0.6) is 0 Å². The van der Waals surface area contributed by atoms with Crippen LogP contribution in [0.25, 0.3) is 21.8 Å². The number of halogens is 2. The third-order valence-corrected chi connectivity index (χ3v) is 10.8. The van der Waals surface area contributed by atoms with Crippen LogP contribution in [-0.4, -0.2) is 96.3 Å². The second-order valence-corrected chi connectivity index (χ2v) is 14.1. The first-order chi connectivity index (χ1) is 25.0. The van der Waals surface area contributed by atoms with E-state index in [-0.39, 0.29) is 39.9 Å². The molecule has 0 bridgehead atoms. The quantitative estimate of drug-likeness (QED) is 0.245. The van der Waals surface area contributed by atoms with E-state index in [1.54, 1.807) is 21.3 Å². The molecule has 53 heavy (non-hydrogen) atoms. The number of carboxylic acid groups (broad SMARTS) is 2. The second-order valence-electron chi connectivity index (χ2n) is 14.1. The van der Waals surface area contributed by atoms with E-state index < -0.39 is 45.6 Å². The molecule has 4 fully saturated rings. The molecule has 0 atom stereocenters. The van der Waals surface area contributed by atoms with Gasteiger partial charge in [-0.2, -0.15) is 0 Å². The van der Waals surface area contributed by atoms with Gasteiger partial charge in [-0.05, 0) is 63.0 Å². The molecular formula is C38H42F2MnN6O6. The molecule has 1 radical (unpaired) electrons. The number of carbonyl (C=O) groups excluding carboxylic acids is 2. The number of hydrogen-bond acceptors (Lipinski definition) is 10. The van der Waals surface area contributed by atoms with Crippen molar-refractivity contribution in [2.45, 2.75) is 51.6 Å². The first kappa shape index (κ1) is 38.4. The van der Waals surface area contributed by atoms with Crippen LogP contribution >= 0.6 is 0 Å². The van der Waals surface area contributed by atoms with Gasteiger partial charge in [-0.15, -0.1) is 0 Å². The fraction of sp³-hybridized carbons (Fsp3) is 0.474. The Morgan fingerprint density at radius 1 is 0.623 bits per heavy atom. The van der Waals surface area contributed by atoms with Gasteiger partial charge in [0.2, 0.25) is 0 Å². The van der Waals surface area contributed by atoms with E-state index in [2.05, 4.69) is 23.6 Å². The number of anilines is 2. The summed E-state index contributed by atoms with van der Waals surface area (Å²) < 4.78 is 33.2. The van der Waals surface area contributed by atoms with Crippen LogP contribution < -0.4 is 30.9 Å². The minimum atomic E-state index is -1.52. The first-order valence-corrected chi connectivity index (χ1v) is 18.1. The summed E-state index contributed by atoms with van der Waals surface area (Å²) in [7, 11) is 0. The molecule has 0 amide bonds. The maximum absolute atomic E-state index is 14.8. The largest absolute Gasteiger partial charge is 2.00 e. The monoisotopic (exact) mass is 771 g/mol. The summed E-state index contributed by atoms with van der Waals surface area (Å²) in [6.45, 7) is 12.5. The summed E-state index contributed by atoms with van der Waals surface area (Å²) in [6.07, 6.45) is 6.40. The van der Waals surface area contributed by atoms with Crippen molar-refractivity contribution in [1.82, 2.24) is 18.9 Å². The summed E-state index contributed by atoms with van der Waals surface area (Å²) in [6, 6.07) is 6.09. The fourth-order valence-corrected chi connectivity index (χ4v) is 7.41. The zero-order valence-electron chi connectivity index (χ0n) is 29.8. The van der Waals surface area contributed by atoms with Crippen LogP contribution in [-0.2, 0) is 17.1 Å². The summed E-state index contributed by atoms with van der Waals surface area (Å²) >= 11 is 0. The number of likely N-dealkylation sites (N-methyl/N-ethyl adjacent to an activating group) is 2. The van der Waals surface area contributed by atoms with E-state index in [4.69, 9.17) is 0 Å². The molecule has 0 unspecified atom stereocenters. The Labute approximate surface area is 315 Å². The Hall–Kier alpha value is -4.30. The Bertz CT molecular complexity index is 2020. The number of nitrogens with zero attached hydrogens (tertiary/aromatic N) is 6. The third kappa shape index (κ3) is 7.71. The van der Waals surface area contributed by atoms with Crippen molar-refractivity contribution in [2.75, 3.05) is 75.2 Å². The molecule has 2 aliphatic carbocycles. The van der Waals surface area contributed by atoms with Gasteiger partial charge in [0.15, 0.2) is 10.9 Å². The van der Waals surface area contributed by atoms with Gasteiger partial charge in [-0.3, -0.25) is 9.59 Å². The molecule has 281 valence electrons. The number of piperazine rings is 2. The standard InChI is InChI=1S/2C19H22FN3O3.Mn/c2*1-2-21-5-7-22(8-6-21)17-10-16-13(9-15(17)20)18(24)14(19(25)26)11-23(16)12-3-4-12;/h2*9-12H,2-8H2,1H3,(H,25,26);/q;;+2/p-2. The molecule has 0 N–H and O–H groups in total. The van der Waals surface area contributed by atoms with E-state index in [1.807, 2.05) is 9.80 Å². The number of rotatable bonds is 8. The van der Waals surface area contributed by atoms with Crippen LogP contribution in [0.3, 0.4) is 0 Å². The Morgan fingerprint density at radius 3 is 1.25 bits per heavy atom. The summed E-state index contributed by atoms with van der Waals surface area (Å²) in [5, 5.41) is 22.8. The number of benzene rings is 2. The maximum Gasteiger partial charge on any atom is 2.00 e. The molecule has 8 rings (SSSR count). The minimum Gasteiger partial charge on any atom is -0.545 e. The van der Waals surface area contributed by atoms with E-state index in [1.165, 1.54) is 24.5 Å². The molecule has 2 aromatic carbocycles. The van der Waals surface area contributed by atoms with Crippen molar-refractivity contribution in [3.63, 3.8) is 0 Å². The number of hydrogen-bond donors (Lipinski definition) is 0. The molecule has 2 aliphatic heterocycles.